The fourth-order valence-corrected chi connectivity index (χ4v) is 4.57. The Morgan fingerprint density at radius 3 is 2.84 bits per heavy atom. The van der Waals surface area contributed by atoms with Crippen LogP contribution in [0.4, 0.5) is 5.69 Å². The van der Waals surface area contributed by atoms with Gasteiger partial charge in [0.15, 0.2) is 9.84 Å². The average molecular weight is 363 g/mol. The van der Waals surface area contributed by atoms with Crippen molar-refractivity contribution in [3.8, 4) is 0 Å². The molecule has 3 N–H and O–H groups in total. The van der Waals surface area contributed by atoms with E-state index in [-0.39, 0.29) is 11.7 Å². The Labute approximate surface area is 126 Å². The van der Waals surface area contributed by atoms with Crippen molar-refractivity contribution < 1.29 is 8.42 Å². The molecule has 1 aromatic rings. The molecular formula is C12H15BrN2O2S2. The second-order valence-corrected chi connectivity index (χ2v) is 8.29. The van der Waals surface area contributed by atoms with Crippen LogP contribution in [0.5, 0.6) is 0 Å². The lowest BCUT2D eigenvalue weighted by molar-refractivity contribution is 0.596. The molecule has 0 aromatic heterocycles. The molecule has 0 aliphatic carbocycles. The van der Waals surface area contributed by atoms with Gasteiger partial charge >= 0.3 is 0 Å². The highest BCUT2D eigenvalue weighted by Gasteiger charge is 2.27. The Balaban J connectivity index is 2.07. The van der Waals surface area contributed by atoms with E-state index in [2.05, 4.69) is 21.2 Å². The van der Waals surface area contributed by atoms with Gasteiger partial charge in [0.05, 0.1) is 11.5 Å². The minimum absolute atomic E-state index is 0.156. The summed E-state index contributed by atoms with van der Waals surface area (Å²) in [5, 5.41) is 3.25. The van der Waals surface area contributed by atoms with E-state index < -0.39 is 9.84 Å². The molecule has 1 fully saturated rings. The minimum Gasteiger partial charge on any atom is -0.389 e. The Bertz CT molecular complexity index is 602. The van der Waals surface area contributed by atoms with Gasteiger partial charge in [0.25, 0.3) is 0 Å². The molecule has 0 amide bonds. The van der Waals surface area contributed by atoms with Crippen molar-refractivity contribution in [3.05, 3.63) is 28.2 Å². The lowest BCUT2D eigenvalue weighted by Gasteiger charge is -2.14. The van der Waals surface area contributed by atoms with Crippen LogP contribution >= 0.6 is 28.1 Å². The zero-order valence-corrected chi connectivity index (χ0v) is 13.4. The van der Waals surface area contributed by atoms with Crippen LogP contribution in [-0.4, -0.2) is 31.5 Å². The van der Waals surface area contributed by atoms with Gasteiger partial charge in [-0.2, -0.15) is 0 Å². The van der Waals surface area contributed by atoms with Crippen molar-refractivity contribution in [1.82, 2.24) is 0 Å². The average Bonchev–Trinajstić information content (AvgIpc) is 2.66. The Morgan fingerprint density at radius 2 is 2.26 bits per heavy atom. The quantitative estimate of drug-likeness (QED) is 0.800. The number of benzene rings is 1. The monoisotopic (exact) mass is 362 g/mol. The molecule has 2 rings (SSSR count). The highest BCUT2D eigenvalue weighted by molar-refractivity contribution is 9.10. The summed E-state index contributed by atoms with van der Waals surface area (Å²) >= 11 is 8.40. The maximum Gasteiger partial charge on any atom is 0.150 e. The second-order valence-electron chi connectivity index (χ2n) is 4.70. The molecule has 0 bridgehead atoms. The van der Waals surface area contributed by atoms with Crippen LogP contribution in [0, 0.1) is 5.92 Å². The molecule has 19 heavy (non-hydrogen) atoms. The standard InChI is InChI=1S/C12H15BrN2O2S2/c13-9-1-2-10(12(14)18)11(5-9)15-6-8-3-4-19(16,17)7-8/h1-2,5,8,15H,3-4,6-7H2,(H2,14,18). The van der Waals surface area contributed by atoms with Crippen LogP contribution in [0.15, 0.2) is 22.7 Å². The van der Waals surface area contributed by atoms with Crippen molar-refractivity contribution in [1.29, 1.82) is 0 Å². The molecule has 7 heteroatoms. The first-order valence-corrected chi connectivity index (χ1v) is 8.93. The number of nitrogens with two attached hydrogens (primary N) is 1. The van der Waals surface area contributed by atoms with Gasteiger partial charge in [0.1, 0.15) is 4.99 Å². The molecule has 104 valence electrons. The van der Waals surface area contributed by atoms with Crippen molar-refractivity contribution in [2.24, 2.45) is 11.7 Å². The van der Waals surface area contributed by atoms with Gasteiger partial charge in [-0.05, 0) is 30.5 Å². The predicted molar refractivity (Wildman–Crippen MR) is 85.3 cm³/mol. The maximum absolute atomic E-state index is 11.4. The summed E-state index contributed by atoms with van der Waals surface area (Å²) in [4.78, 5) is 0.328. The minimum atomic E-state index is -2.83. The van der Waals surface area contributed by atoms with E-state index >= 15 is 0 Å². The van der Waals surface area contributed by atoms with Gasteiger partial charge in [-0.3, -0.25) is 0 Å². The lowest BCUT2D eigenvalue weighted by atomic mass is 10.1. The predicted octanol–water partition coefficient (Wildman–Crippen LogP) is 1.93. The Kier molecular flexibility index (Phi) is 4.47. The summed E-state index contributed by atoms with van der Waals surface area (Å²) in [7, 11) is -2.83. The molecule has 0 spiro atoms. The third-order valence-corrected chi connectivity index (χ3v) is 5.71. The smallest absolute Gasteiger partial charge is 0.150 e. The Morgan fingerprint density at radius 1 is 1.53 bits per heavy atom. The van der Waals surface area contributed by atoms with Crippen molar-refractivity contribution >= 4 is 48.7 Å². The first-order valence-electron chi connectivity index (χ1n) is 5.91. The Hall–Kier alpha value is -0.660. The molecule has 4 nitrogen and oxygen atoms in total. The first-order chi connectivity index (χ1) is 8.87. The van der Waals surface area contributed by atoms with Gasteiger partial charge < -0.3 is 11.1 Å². The van der Waals surface area contributed by atoms with Gasteiger partial charge in [0, 0.05) is 22.3 Å². The van der Waals surface area contributed by atoms with E-state index in [9.17, 15) is 8.42 Å². The van der Waals surface area contributed by atoms with E-state index in [4.69, 9.17) is 18.0 Å². The number of nitrogens with one attached hydrogen (secondary N) is 1. The van der Waals surface area contributed by atoms with E-state index in [1.165, 1.54) is 0 Å². The van der Waals surface area contributed by atoms with E-state index in [0.29, 0.717) is 23.7 Å². The van der Waals surface area contributed by atoms with Gasteiger partial charge in [-0.1, -0.05) is 28.1 Å². The number of thiocarbonyl (C=S) groups is 1. The molecule has 1 heterocycles. The van der Waals surface area contributed by atoms with E-state index in [1.54, 1.807) is 0 Å². The molecule has 1 aliphatic rings. The third-order valence-electron chi connectivity index (χ3n) is 3.16. The number of halogens is 1. The van der Waals surface area contributed by atoms with Crippen LogP contribution in [0.2, 0.25) is 0 Å². The number of hydrogen-bond donors (Lipinski definition) is 2. The van der Waals surface area contributed by atoms with E-state index in [0.717, 1.165) is 15.7 Å². The van der Waals surface area contributed by atoms with Crippen LogP contribution in [0.25, 0.3) is 0 Å². The van der Waals surface area contributed by atoms with Crippen LogP contribution < -0.4 is 11.1 Å². The zero-order valence-electron chi connectivity index (χ0n) is 10.2. The first kappa shape index (κ1) is 14.7. The molecule has 1 aliphatic heterocycles. The van der Waals surface area contributed by atoms with Gasteiger partial charge in [0.2, 0.25) is 0 Å². The lowest BCUT2D eigenvalue weighted by Crippen LogP contribution is -2.18. The highest BCUT2D eigenvalue weighted by Crippen LogP contribution is 2.24. The zero-order chi connectivity index (χ0) is 14.0. The highest BCUT2D eigenvalue weighted by atomic mass is 79.9. The maximum atomic E-state index is 11.4. The molecule has 0 saturated carbocycles. The van der Waals surface area contributed by atoms with Crippen molar-refractivity contribution in [2.75, 3.05) is 23.4 Å². The molecule has 1 saturated heterocycles. The third kappa shape index (κ3) is 3.90. The normalized spacial score (nSPS) is 21.2. The summed E-state index contributed by atoms with van der Waals surface area (Å²) < 4.78 is 23.7. The fourth-order valence-electron chi connectivity index (χ4n) is 2.16. The summed E-state index contributed by atoms with van der Waals surface area (Å²) in [6.07, 6.45) is 0.714. The SMILES string of the molecule is NC(=S)c1ccc(Br)cc1NCC1CCS(=O)(=O)C1. The molecule has 1 aromatic carbocycles. The summed E-state index contributed by atoms with van der Waals surface area (Å²) in [5.74, 6) is 0.708. The van der Waals surface area contributed by atoms with Crippen molar-refractivity contribution in [3.63, 3.8) is 0 Å². The van der Waals surface area contributed by atoms with Gasteiger partial charge in [-0.15, -0.1) is 0 Å². The number of rotatable bonds is 4. The fraction of sp³-hybridized carbons (Fsp3) is 0.417. The molecule has 1 unspecified atom stereocenters. The van der Waals surface area contributed by atoms with Crippen molar-refractivity contribution in [2.45, 2.75) is 6.42 Å². The summed E-state index contributed by atoms with van der Waals surface area (Å²) in [6.45, 7) is 0.616. The summed E-state index contributed by atoms with van der Waals surface area (Å²) in [5.41, 5.74) is 7.29. The molecular weight excluding hydrogens is 348 g/mol. The van der Waals surface area contributed by atoms with Gasteiger partial charge in [-0.25, -0.2) is 8.42 Å². The number of hydrogen-bond acceptors (Lipinski definition) is 4. The largest absolute Gasteiger partial charge is 0.389 e. The van der Waals surface area contributed by atoms with E-state index in [1.807, 2.05) is 18.2 Å². The molecule has 1 atom stereocenters. The van der Waals surface area contributed by atoms with Crippen LogP contribution in [0.1, 0.15) is 12.0 Å². The number of sulfone groups is 1. The molecule has 0 radical (unpaired) electrons. The topological polar surface area (TPSA) is 72.2 Å². The summed E-state index contributed by atoms with van der Waals surface area (Å²) in [6, 6.07) is 5.62. The number of anilines is 1. The van der Waals surface area contributed by atoms with Crippen LogP contribution in [-0.2, 0) is 9.84 Å². The second kappa shape index (κ2) is 5.76. The van der Waals surface area contributed by atoms with Crippen LogP contribution in [0.3, 0.4) is 0 Å².